The summed E-state index contributed by atoms with van der Waals surface area (Å²) in [7, 11) is 0. The van der Waals surface area contributed by atoms with Crippen molar-refractivity contribution in [2.75, 3.05) is 11.9 Å². The molecule has 1 aromatic heterocycles. The lowest BCUT2D eigenvalue weighted by Crippen LogP contribution is -2.36. The van der Waals surface area contributed by atoms with Crippen LogP contribution in [0.5, 0.6) is 0 Å². The highest BCUT2D eigenvalue weighted by atomic mass is 32.1. The molecule has 0 unspecified atom stereocenters. The van der Waals surface area contributed by atoms with Crippen LogP contribution in [0.2, 0.25) is 0 Å². The quantitative estimate of drug-likeness (QED) is 0.891. The monoisotopic (exact) mass is 309 g/mol. The van der Waals surface area contributed by atoms with Crippen LogP contribution in [0.25, 0.3) is 0 Å². The molecule has 1 aromatic rings. The number of anilines is 1. The zero-order chi connectivity index (χ0) is 15.5. The summed E-state index contributed by atoms with van der Waals surface area (Å²) in [5, 5.41) is 5.68. The van der Waals surface area contributed by atoms with E-state index in [2.05, 4.69) is 31.1 Å². The maximum Gasteiger partial charge on any atom is 0.226 e. The second kappa shape index (κ2) is 6.44. The smallest absolute Gasteiger partial charge is 0.226 e. The van der Waals surface area contributed by atoms with Crippen molar-refractivity contribution in [3.05, 3.63) is 11.1 Å². The third-order valence-corrected chi connectivity index (χ3v) is 5.16. The van der Waals surface area contributed by atoms with Crippen LogP contribution in [-0.2, 0) is 10.2 Å². The van der Waals surface area contributed by atoms with Gasteiger partial charge in [-0.05, 0) is 24.8 Å². The van der Waals surface area contributed by atoms with E-state index in [4.69, 9.17) is 5.73 Å². The maximum atomic E-state index is 12.3. The van der Waals surface area contributed by atoms with Crippen LogP contribution in [0.15, 0.2) is 5.38 Å². The molecule has 2 rings (SSSR count). The fourth-order valence-electron chi connectivity index (χ4n) is 2.93. The van der Waals surface area contributed by atoms with E-state index in [0.29, 0.717) is 18.1 Å². The number of hydrogen-bond acceptors (Lipinski definition) is 4. The number of rotatable bonds is 4. The number of carbonyl (C=O) groups excluding carboxylic acids is 1. The normalized spacial score (nSPS) is 18.5. The van der Waals surface area contributed by atoms with E-state index in [1.54, 1.807) is 0 Å². The molecule has 4 nitrogen and oxygen atoms in total. The lowest BCUT2D eigenvalue weighted by atomic mass is 9.72. The minimum absolute atomic E-state index is 0.00640. The summed E-state index contributed by atoms with van der Waals surface area (Å²) in [6, 6.07) is 0. The zero-order valence-corrected chi connectivity index (χ0v) is 14.2. The molecule has 0 radical (unpaired) electrons. The number of nitrogens with one attached hydrogen (secondary N) is 1. The summed E-state index contributed by atoms with van der Waals surface area (Å²) in [6.07, 6.45) is 6.31. The topological polar surface area (TPSA) is 68.0 Å². The van der Waals surface area contributed by atoms with E-state index in [1.165, 1.54) is 30.6 Å². The highest BCUT2D eigenvalue weighted by Gasteiger charge is 2.33. The summed E-state index contributed by atoms with van der Waals surface area (Å²) in [5.74, 6) is 0.0529. The third-order valence-electron chi connectivity index (χ3n) is 4.40. The van der Waals surface area contributed by atoms with Gasteiger partial charge < -0.3 is 11.1 Å². The minimum Gasteiger partial charge on any atom is -0.330 e. The molecule has 0 aliphatic heterocycles. The molecule has 21 heavy (non-hydrogen) atoms. The Hall–Kier alpha value is -0.940. The molecule has 0 atom stereocenters. The van der Waals surface area contributed by atoms with Gasteiger partial charge in [-0.15, -0.1) is 11.3 Å². The number of hydrogen-bond donors (Lipinski definition) is 2. The fourth-order valence-corrected chi connectivity index (χ4v) is 3.89. The molecule has 0 bridgehead atoms. The number of thiazole rings is 1. The number of amides is 1. The Kier molecular flexibility index (Phi) is 5.04. The van der Waals surface area contributed by atoms with Crippen molar-refractivity contribution in [1.29, 1.82) is 0 Å². The molecule has 1 saturated carbocycles. The lowest BCUT2D eigenvalue weighted by molar-refractivity contribution is -0.118. The molecular formula is C16H27N3OS. The Bertz CT molecular complexity index is 484. The van der Waals surface area contributed by atoms with Crippen LogP contribution in [0.4, 0.5) is 5.13 Å². The highest BCUT2D eigenvalue weighted by molar-refractivity contribution is 7.13. The van der Waals surface area contributed by atoms with Crippen molar-refractivity contribution in [1.82, 2.24) is 4.98 Å². The first kappa shape index (κ1) is 16.4. The summed E-state index contributed by atoms with van der Waals surface area (Å²) < 4.78 is 0. The standard InChI is InChI=1S/C16H27N3OS/c1-15(2,3)12-10-21-14(18-12)19-13(20)9-16(11-17)7-5-4-6-8-16/h10H,4-9,11,17H2,1-3H3,(H,18,19,20). The largest absolute Gasteiger partial charge is 0.330 e. The van der Waals surface area contributed by atoms with Gasteiger partial charge >= 0.3 is 0 Å². The Morgan fingerprint density at radius 2 is 2.05 bits per heavy atom. The molecule has 3 N–H and O–H groups in total. The van der Waals surface area contributed by atoms with Crippen LogP contribution in [0.3, 0.4) is 0 Å². The molecule has 0 spiro atoms. The Labute approximate surface area is 131 Å². The van der Waals surface area contributed by atoms with Gasteiger partial charge in [-0.25, -0.2) is 4.98 Å². The van der Waals surface area contributed by atoms with Crippen LogP contribution >= 0.6 is 11.3 Å². The van der Waals surface area contributed by atoms with Gasteiger partial charge in [-0.1, -0.05) is 40.0 Å². The van der Waals surface area contributed by atoms with Gasteiger partial charge in [0.05, 0.1) is 5.69 Å². The Morgan fingerprint density at radius 3 is 2.57 bits per heavy atom. The molecule has 1 aliphatic rings. The average molecular weight is 309 g/mol. The van der Waals surface area contributed by atoms with E-state index in [9.17, 15) is 4.79 Å². The van der Waals surface area contributed by atoms with Crippen LogP contribution in [0.1, 0.15) is 65.0 Å². The number of nitrogens with zero attached hydrogens (tertiary/aromatic N) is 1. The second-order valence-corrected chi connectivity index (χ2v) is 8.14. The van der Waals surface area contributed by atoms with E-state index in [-0.39, 0.29) is 16.7 Å². The zero-order valence-electron chi connectivity index (χ0n) is 13.4. The van der Waals surface area contributed by atoms with Gasteiger partial charge in [0, 0.05) is 17.2 Å². The van der Waals surface area contributed by atoms with E-state index in [1.807, 2.05) is 5.38 Å². The van der Waals surface area contributed by atoms with E-state index >= 15 is 0 Å². The van der Waals surface area contributed by atoms with Gasteiger partial charge in [0.15, 0.2) is 5.13 Å². The number of carbonyl (C=O) groups is 1. The number of nitrogens with two attached hydrogens (primary N) is 1. The summed E-state index contributed by atoms with van der Waals surface area (Å²) in [6.45, 7) is 6.98. The molecule has 1 aliphatic carbocycles. The molecule has 1 fully saturated rings. The summed E-state index contributed by atoms with van der Waals surface area (Å²) in [5.41, 5.74) is 6.99. The van der Waals surface area contributed by atoms with Crippen molar-refractivity contribution in [3.63, 3.8) is 0 Å². The van der Waals surface area contributed by atoms with Crippen molar-refractivity contribution in [2.24, 2.45) is 11.1 Å². The fraction of sp³-hybridized carbons (Fsp3) is 0.750. The molecule has 118 valence electrons. The van der Waals surface area contributed by atoms with Crippen molar-refractivity contribution in [3.8, 4) is 0 Å². The minimum atomic E-state index is 0.00640. The molecular weight excluding hydrogens is 282 g/mol. The summed E-state index contributed by atoms with van der Waals surface area (Å²) >= 11 is 1.50. The van der Waals surface area contributed by atoms with Gasteiger partial charge in [0.2, 0.25) is 5.91 Å². The second-order valence-electron chi connectivity index (χ2n) is 7.28. The van der Waals surface area contributed by atoms with Crippen LogP contribution < -0.4 is 11.1 Å². The number of aromatic nitrogens is 1. The first-order chi connectivity index (χ1) is 9.85. The Morgan fingerprint density at radius 1 is 1.38 bits per heavy atom. The molecule has 5 heteroatoms. The lowest BCUT2D eigenvalue weighted by Gasteiger charge is -2.35. The van der Waals surface area contributed by atoms with Gasteiger partial charge in [0.1, 0.15) is 0 Å². The highest BCUT2D eigenvalue weighted by Crippen LogP contribution is 2.38. The Balaban J connectivity index is 1.96. The van der Waals surface area contributed by atoms with Crippen LogP contribution in [0, 0.1) is 5.41 Å². The van der Waals surface area contributed by atoms with Crippen LogP contribution in [-0.4, -0.2) is 17.4 Å². The van der Waals surface area contributed by atoms with E-state index in [0.717, 1.165) is 18.5 Å². The predicted molar refractivity (Wildman–Crippen MR) is 88.6 cm³/mol. The first-order valence-corrected chi connectivity index (χ1v) is 8.69. The molecule has 0 aromatic carbocycles. The summed E-state index contributed by atoms with van der Waals surface area (Å²) in [4.78, 5) is 16.8. The molecule has 1 amide bonds. The third kappa shape index (κ3) is 4.27. The SMILES string of the molecule is CC(C)(C)c1csc(NC(=O)CC2(CN)CCCCC2)n1. The van der Waals surface area contributed by atoms with Crippen molar-refractivity contribution in [2.45, 2.75) is 64.7 Å². The van der Waals surface area contributed by atoms with Crippen molar-refractivity contribution >= 4 is 22.4 Å². The van der Waals surface area contributed by atoms with Gasteiger partial charge in [-0.3, -0.25) is 4.79 Å². The van der Waals surface area contributed by atoms with Gasteiger partial charge in [-0.2, -0.15) is 0 Å². The average Bonchev–Trinajstić information content (AvgIpc) is 2.88. The first-order valence-electron chi connectivity index (χ1n) is 7.81. The van der Waals surface area contributed by atoms with Gasteiger partial charge in [0.25, 0.3) is 0 Å². The van der Waals surface area contributed by atoms with Crippen molar-refractivity contribution < 1.29 is 4.79 Å². The maximum absolute atomic E-state index is 12.3. The molecule has 1 heterocycles. The molecule has 0 saturated heterocycles. The predicted octanol–water partition coefficient (Wildman–Crippen LogP) is 3.68. The van der Waals surface area contributed by atoms with E-state index < -0.39 is 0 Å².